The molecule has 1 N–H and O–H groups in total. The molecule has 0 saturated carbocycles. The molecule has 7 heteroatoms. The fourth-order valence-electron chi connectivity index (χ4n) is 3.74. The second-order valence-corrected chi connectivity index (χ2v) is 7.75. The summed E-state index contributed by atoms with van der Waals surface area (Å²) in [4.78, 5) is 26.2. The topological polar surface area (TPSA) is 71.8 Å². The molecular weight excluding hydrogens is 428 g/mol. The van der Waals surface area contributed by atoms with Crippen LogP contribution in [0.15, 0.2) is 72.8 Å². The molecule has 0 aliphatic rings. The Morgan fingerprint density at radius 1 is 1.03 bits per heavy atom. The molecule has 1 aromatic heterocycles. The Bertz CT molecular complexity index is 1300. The number of fused-ring (bicyclic) bond motifs is 1. The van der Waals surface area contributed by atoms with Crippen molar-refractivity contribution in [1.82, 2.24) is 4.57 Å². The minimum absolute atomic E-state index is 0.0954. The molecule has 162 valence electrons. The van der Waals surface area contributed by atoms with Gasteiger partial charge in [0.25, 0.3) is 11.8 Å². The van der Waals surface area contributed by atoms with Crippen LogP contribution in [-0.2, 0) is 11.2 Å². The van der Waals surface area contributed by atoms with E-state index >= 15 is 0 Å². The standard InChI is InChI=1S/C25H21ClN2O4/c1-16-21(15-24(29)28(31)19-6-4-3-5-7-19)22-14-20(32-2)12-13-23(22)27(16)25(30)17-8-10-18(26)11-9-17/h3-14,31H,15H2,1-2H3. The van der Waals surface area contributed by atoms with Gasteiger partial charge in [-0.05, 0) is 67.1 Å². The molecule has 4 rings (SSSR count). The van der Waals surface area contributed by atoms with Crippen LogP contribution in [0.5, 0.6) is 5.75 Å². The van der Waals surface area contributed by atoms with Crippen molar-refractivity contribution in [2.24, 2.45) is 0 Å². The molecule has 0 radical (unpaired) electrons. The molecule has 0 aliphatic carbocycles. The van der Waals surface area contributed by atoms with Crippen LogP contribution in [-0.4, -0.2) is 28.7 Å². The van der Waals surface area contributed by atoms with E-state index in [1.54, 1.807) is 91.4 Å². The number of carbonyl (C=O) groups excluding carboxylic acids is 2. The fourth-order valence-corrected chi connectivity index (χ4v) is 3.86. The zero-order valence-electron chi connectivity index (χ0n) is 17.6. The predicted molar refractivity (Wildman–Crippen MR) is 124 cm³/mol. The lowest BCUT2D eigenvalue weighted by atomic mass is 10.1. The van der Waals surface area contributed by atoms with Crippen LogP contribution < -0.4 is 9.80 Å². The lowest BCUT2D eigenvalue weighted by Crippen LogP contribution is -2.28. The highest BCUT2D eigenvalue weighted by Gasteiger charge is 2.24. The van der Waals surface area contributed by atoms with Crippen LogP contribution in [0.3, 0.4) is 0 Å². The summed E-state index contributed by atoms with van der Waals surface area (Å²) in [6.45, 7) is 1.78. The number of benzene rings is 3. The van der Waals surface area contributed by atoms with Gasteiger partial charge in [-0.15, -0.1) is 0 Å². The van der Waals surface area contributed by atoms with Crippen LogP contribution in [0, 0.1) is 6.92 Å². The highest BCUT2D eigenvalue weighted by molar-refractivity contribution is 6.30. The van der Waals surface area contributed by atoms with Crippen molar-refractivity contribution in [1.29, 1.82) is 0 Å². The first kappa shape index (κ1) is 21.6. The maximum absolute atomic E-state index is 13.3. The Morgan fingerprint density at radius 3 is 2.38 bits per heavy atom. The third kappa shape index (κ3) is 3.98. The largest absolute Gasteiger partial charge is 0.497 e. The molecule has 1 amide bonds. The minimum Gasteiger partial charge on any atom is -0.497 e. The van der Waals surface area contributed by atoms with Gasteiger partial charge in [-0.3, -0.25) is 19.4 Å². The van der Waals surface area contributed by atoms with Gasteiger partial charge < -0.3 is 4.74 Å². The van der Waals surface area contributed by atoms with Crippen molar-refractivity contribution in [3.63, 3.8) is 0 Å². The number of rotatable bonds is 5. The third-order valence-corrected chi connectivity index (χ3v) is 5.65. The first-order chi connectivity index (χ1) is 15.4. The normalized spacial score (nSPS) is 10.9. The van der Waals surface area contributed by atoms with Gasteiger partial charge in [0, 0.05) is 21.7 Å². The van der Waals surface area contributed by atoms with Crippen molar-refractivity contribution in [2.45, 2.75) is 13.3 Å². The van der Waals surface area contributed by atoms with Crippen molar-refractivity contribution in [3.05, 3.63) is 94.6 Å². The van der Waals surface area contributed by atoms with Crippen LogP contribution >= 0.6 is 11.6 Å². The van der Waals surface area contributed by atoms with Gasteiger partial charge in [-0.2, -0.15) is 5.06 Å². The molecule has 32 heavy (non-hydrogen) atoms. The van der Waals surface area contributed by atoms with Crippen LogP contribution in [0.2, 0.25) is 5.02 Å². The molecule has 1 heterocycles. The van der Waals surface area contributed by atoms with Gasteiger partial charge in [-0.25, -0.2) is 0 Å². The fraction of sp³-hybridized carbons (Fsp3) is 0.120. The van der Waals surface area contributed by atoms with Gasteiger partial charge in [-0.1, -0.05) is 29.8 Å². The quantitative estimate of drug-likeness (QED) is 0.333. The average molecular weight is 449 g/mol. The first-order valence-corrected chi connectivity index (χ1v) is 10.3. The van der Waals surface area contributed by atoms with E-state index in [0.29, 0.717) is 49.2 Å². The number of aromatic nitrogens is 1. The highest BCUT2D eigenvalue weighted by atomic mass is 35.5. The monoisotopic (exact) mass is 448 g/mol. The zero-order chi connectivity index (χ0) is 22.8. The smallest absolute Gasteiger partial charge is 0.262 e. The second-order valence-electron chi connectivity index (χ2n) is 7.31. The maximum Gasteiger partial charge on any atom is 0.262 e. The Labute approximate surface area is 190 Å². The molecule has 0 bridgehead atoms. The molecular formula is C25H21ClN2O4. The summed E-state index contributed by atoms with van der Waals surface area (Å²) in [5.41, 5.74) is 2.74. The van der Waals surface area contributed by atoms with E-state index in [1.165, 1.54) is 0 Å². The third-order valence-electron chi connectivity index (χ3n) is 5.40. The molecule has 0 unspecified atom stereocenters. The number of carbonyl (C=O) groups is 2. The summed E-state index contributed by atoms with van der Waals surface area (Å²) in [5, 5.41) is 12.3. The molecule has 0 fully saturated rings. The number of anilines is 1. The number of halogens is 1. The summed E-state index contributed by atoms with van der Waals surface area (Å²) in [7, 11) is 1.56. The molecule has 3 aromatic carbocycles. The van der Waals surface area contributed by atoms with Crippen molar-refractivity contribution < 1.29 is 19.5 Å². The second kappa shape index (κ2) is 8.86. The Hall–Kier alpha value is -3.61. The van der Waals surface area contributed by atoms with E-state index < -0.39 is 5.91 Å². The minimum atomic E-state index is -0.514. The summed E-state index contributed by atoms with van der Waals surface area (Å²) in [6.07, 6.45) is -0.0954. The first-order valence-electron chi connectivity index (χ1n) is 9.95. The van der Waals surface area contributed by atoms with Crippen molar-refractivity contribution in [3.8, 4) is 5.75 Å². The molecule has 4 aromatic rings. The van der Waals surface area contributed by atoms with Crippen LogP contribution in [0.4, 0.5) is 5.69 Å². The Morgan fingerprint density at radius 2 is 1.72 bits per heavy atom. The van der Waals surface area contributed by atoms with Gasteiger partial charge in [0.2, 0.25) is 0 Å². The summed E-state index contributed by atoms with van der Waals surface area (Å²) in [5.74, 6) is -0.150. The summed E-state index contributed by atoms with van der Waals surface area (Å²) < 4.78 is 6.93. The van der Waals surface area contributed by atoms with E-state index in [4.69, 9.17) is 16.3 Å². The van der Waals surface area contributed by atoms with Gasteiger partial charge in [0.15, 0.2) is 0 Å². The van der Waals surface area contributed by atoms with E-state index in [2.05, 4.69) is 0 Å². The molecule has 0 spiro atoms. The van der Waals surface area contributed by atoms with Crippen LogP contribution in [0.25, 0.3) is 10.9 Å². The lowest BCUT2D eigenvalue weighted by Gasteiger charge is -2.15. The van der Waals surface area contributed by atoms with Crippen molar-refractivity contribution >= 4 is 40.0 Å². The number of methoxy groups -OCH3 is 1. The predicted octanol–water partition coefficient (Wildman–Crippen LogP) is 5.27. The summed E-state index contributed by atoms with van der Waals surface area (Å²) in [6, 6.07) is 20.5. The van der Waals surface area contributed by atoms with E-state index in [9.17, 15) is 14.8 Å². The summed E-state index contributed by atoms with van der Waals surface area (Å²) >= 11 is 5.97. The SMILES string of the molecule is COc1ccc2c(c1)c(CC(=O)N(O)c1ccccc1)c(C)n2C(=O)c1ccc(Cl)cc1. The lowest BCUT2D eigenvalue weighted by molar-refractivity contribution is -0.122. The van der Waals surface area contributed by atoms with Crippen LogP contribution in [0.1, 0.15) is 21.6 Å². The number of hydrogen-bond acceptors (Lipinski definition) is 4. The van der Waals surface area contributed by atoms with Gasteiger partial charge in [0.05, 0.1) is 24.7 Å². The van der Waals surface area contributed by atoms with Gasteiger partial charge in [0.1, 0.15) is 5.75 Å². The van der Waals surface area contributed by atoms with E-state index in [1.807, 2.05) is 0 Å². The van der Waals surface area contributed by atoms with E-state index in [0.717, 1.165) is 0 Å². The van der Waals surface area contributed by atoms with Gasteiger partial charge >= 0.3 is 0 Å². The molecule has 0 atom stereocenters. The number of ether oxygens (including phenoxy) is 1. The highest BCUT2D eigenvalue weighted by Crippen LogP contribution is 2.31. The Kier molecular flexibility index (Phi) is 5.99. The molecule has 0 aliphatic heterocycles. The average Bonchev–Trinajstić information content (AvgIpc) is 3.09. The molecule has 0 saturated heterocycles. The zero-order valence-corrected chi connectivity index (χ0v) is 18.3. The Balaban J connectivity index is 1.80. The number of hydrogen-bond donors (Lipinski definition) is 1. The number of para-hydroxylation sites is 1. The number of nitrogens with zero attached hydrogens (tertiary/aromatic N) is 2. The number of hydroxylamine groups is 1. The van der Waals surface area contributed by atoms with Crippen molar-refractivity contribution in [2.75, 3.05) is 12.2 Å². The molecule has 6 nitrogen and oxygen atoms in total. The van der Waals surface area contributed by atoms with E-state index in [-0.39, 0.29) is 12.3 Å². The number of amides is 1. The maximum atomic E-state index is 13.3.